The standard InChI is InChI=1S/C75H128O6/c1-4-7-10-13-16-19-22-25-28-30-32-33-34-35-36-37-38-39-40-41-43-44-47-50-53-56-59-62-65-68-74(77)80-71-72(70-79-73(76)67-64-61-58-55-52-49-46-27-24-21-18-15-12-9-6-3)81-75(78)69-66-63-60-57-54-51-48-45-42-31-29-26-23-20-17-14-11-8-5-2/h7,10,16,18-19,21,25,27-28,32-33,35-36,38-39,41,43,46,72H,4-6,8-9,11-15,17,20,22-24,26,29-31,34,37,40,42,44-45,47-71H2,1-3H3/b10-7-,19-16-,21-18-,28-25-,33-32-,36-35-,39-38-,43-41-,46-27-. The van der Waals surface area contributed by atoms with Crippen molar-refractivity contribution in [3.8, 4) is 0 Å². The van der Waals surface area contributed by atoms with E-state index in [0.717, 1.165) is 128 Å². The molecule has 1 atom stereocenters. The third-order valence-corrected chi connectivity index (χ3v) is 14.8. The van der Waals surface area contributed by atoms with E-state index in [4.69, 9.17) is 14.2 Å². The van der Waals surface area contributed by atoms with E-state index in [9.17, 15) is 14.4 Å². The summed E-state index contributed by atoms with van der Waals surface area (Å²) in [6.07, 6.45) is 93.8. The number of ether oxygens (including phenoxy) is 3. The summed E-state index contributed by atoms with van der Waals surface area (Å²) in [5, 5.41) is 0. The lowest BCUT2D eigenvalue weighted by Gasteiger charge is -2.18. The average molecular weight is 1130 g/mol. The molecule has 0 N–H and O–H groups in total. The maximum Gasteiger partial charge on any atom is 0.306 e. The van der Waals surface area contributed by atoms with E-state index < -0.39 is 6.10 Å². The molecule has 464 valence electrons. The van der Waals surface area contributed by atoms with Crippen molar-refractivity contribution in [2.45, 2.75) is 335 Å². The Bertz CT molecular complexity index is 1620. The minimum Gasteiger partial charge on any atom is -0.462 e. The van der Waals surface area contributed by atoms with E-state index in [1.54, 1.807) is 0 Å². The van der Waals surface area contributed by atoms with E-state index in [0.29, 0.717) is 19.3 Å². The van der Waals surface area contributed by atoms with Gasteiger partial charge in [-0.05, 0) is 109 Å². The van der Waals surface area contributed by atoms with Crippen LogP contribution in [0.25, 0.3) is 0 Å². The first kappa shape index (κ1) is 77.1. The summed E-state index contributed by atoms with van der Waals surface area (Å²) in [5.74, 6) is -0.896. The Hall–Kier alpha value is -3.93. The number of unbranched alkanes of at least 4 members (excludes halogenated alkanes) is 33. The fourth-order valence-electron chi connectivity index (χ4n) is 9.63. The van der Waals surface area contributed by atoms with Gasteiger partial charge in [-0.25, -0.2) is 0 Å². The zero-order chi connectivity index (χ0) is 58.5. The van der Waals surface area contributed by atoms with Crippen LogP contribution in [0.5, 0.6) is 0 Å². The lowest BCUT2D eigenvalue weighted by Crippen LogP contribution is -2.30. The molecular formula is C75H128O6. The number of hydrogen-bond acceptors (Lipinski definition) is 6. The van der Waals surface area contributed by atoms with E-state index in [-0.39, 0.29) is 31.1 Å². The molecule has 0 saturated heterocycles. The summed E-state index contributed by atoms with van der Waals surface area (Å²) >= 11 is 0. The highest BCUT2D eigenvalue weighted by Crippen LogP contribution is 2.17. The first-order chi connectivity index (χ1) is 40.0. The molecule has 0 radical (unpaired) electrons. The summed E-state index contributed by atoms with van der Waals surface area (Å²) in [6.45, 7) is 6.52. The van der Waals surface area contributed by atoms with Crippen LogP contribution in [0.4, 0.5) is 0 Å². The van der Waals surface area contributed by atoms with E-state index in [2.05, 4.69) is 130 Å². The predicted octanol–water partition coefficient (Wildman–Crippen LogP) is 23.8. The molecule has 1 unspecified atom stereocenters. The highest BCUT2D eigenvalue weighted by atomic mass is 16.6. The molecule has 0 heterocycles. The summed E-state index contributed by atoms with van der Waals surface area (Å²) in [5.41, 5.74) is 0. The lowest BCUT2D eigenvalue weighted by molar-refractivity contribution is -0.167. The first-order valence-electron chi connectivity index (χ1n) is 34.4. The molecule has 0 aromatic heterocycles. The number of rotatable bonds is 62. The smallest absolute Gasteiger partial charge is 0.306 e. The highest BCUT2D eigenvalue weighted by Gasteiger charge is 2.19. The van der Waals surface area contributed by atoms with Crippen LogP contribution in [0.2, 0.25) is 0 Å². The van der Waals surface area contributed by atoms with Gasteiger partial charge in [0.1, 0.15) is 13.2 Å². The van der Waals surface area contributed by atoms with Gasteiger partial charge < -0.3 is 14.2 Å². The summed E-state index contributed by atoms with van der Waals surface area (Å²) in [6, 6.07) is 0. The van der Waals surface area contributed by atoms with Crippen molar-refractivity contribution in [2.24, 2.45) is 0 Å². The number of allylic oxidation sites excluding steroid dienone is 18. The minimum absolute atomic E-state index is 0.0867. The van der Waals surface area contributed by atoms with Crippen molar-refractivity contribution in [3.05, 3.63) is 109 Å². The molecular weight excluding hydrogens is 997 g/mol. The molecule has 0 amide bonds. The van der Waals surface area contributed by atoms with Gasteiger partial charge in [-0.3, -0.25) is 14.4 Å². The SMILES string of the molecule is CC/C=C\C/C=C\C/C=C\C/C=C\C/C=C\C/C=C\C/C=C\CCCCCCCCCC(=O)OCC(COC(=O)CCCCCCC/C=C\C/C=C\CCCCC)OC(=O)CCCCCCCCCCCCCCCCCCCCC. The van der Waals surface area contributed by atoms with Gasteiger partial charge in [-0.15, -0.1) is 0 Å². The topological polar surface area (TPSA) is 78.9 Å². The van der Waals surface area contributed by atoms with Crippen LogP contribution >= 0.6 is 0 Å². The minimum atomic E-state index is -0.790. The Labute approximate surface area is 501 Å². The Morgan fingerprint density at radius 1 is 0.259 bits per heavy atom. The van der Waals surface area contributed by atoms with Crippen LogP contribution in [0.3, 0.4) is 0 Å². The molecule has 0 aliphatic carbocycles. The van der Waals surface area contributed by atoms with Gasteiger partial charge in [-0.1, -0.05) is 310 Å². The maximum atomic E-state index is 12.9. The Balaban J connectivity index is 4.35. The van der Waals surface area contributed by atoms with Gasteiger partial charge in [0, 0.05) is 19.3 Å². The van der Waals surface area contributed by atoms with E-state index >= 15 is 0 Å². The predicted molar refractivity (Wildman–Crippen MR) is 353 cm³/mol. The Kier molecular flexibility index (Phi) is 65.2. The van der Waals surface area contributed by atoms with Crippen LogP contribution < -0.4 is 0 Å². The van der Waals surface area contributed by atoms with Gasteiger partial charge in [0.25, 0.3) is 0 Å². The summed E-state index contributed by atoms with van der Waals surface area (Å²) < 4.78 is 17.0. The highest BCUT2D eigenvalue weighted by molar-refractivity contribution is 5.71. The Morgan fingerprint density at radius 3 is 0.778 bits per heavy atom. The quantitative estimate of drug-likeness (QED) is 0.0261. The van der Waals surface area contributed by atoms with E-state index in [1.165, 1.54) is 161 Å². The van der Waals surface area contributed by atoms with Gasteiger partial charge in [0.2, 0.25) is 0 Å². The first-order valence-corrected chi connectivity index (χ1v) is 34.4. The number of carbonyl (C=O) groups excluding carboxylic acids is 3. The lowest BCUT2D eigenvalue weighted by atomic mass is 10.0. The van der Waals surface area contributed by atoms with Crippen molar-refractivity contribution in [2.75, 3.05) is 13.2 Å². The molecule has 0 aromatic carbocycles. The normalized spacial score (nSPS) is 12.8. The zero-order valence-corrected chi connectivity index (χ0v) is 53.3. The second-order valence-electron chi connectivity index (χ2n) is 22.7. The maximum absolute atomic E-state index is 12.9. The molecule has 0 aliphatic rings. The molecule has 6 heteroatoms. The number of hydrogen-bond donors (Lipinski definition) is 0. The van der Waals surface area contributed by atoms with Crippen molar-refractivity contribution in [3.63, 3.8) is 0 Å². The fraction of sp³-hybridized carbons (Fsp3) is 0.720. The fourth-order valence-corrected chi connectivity index (χ4v) is 9.63. The molecule has 0 saturated carbocycles. The zero-order valence-electron chi connectivity index (χ0n) is 53.3. The largest absolute Gasteiger partial charge is 0.462 e. The third kappa shape index (κ3) is 66.8. The molecule has 0 aromatic rings. The van der Waals surface area contributed by atoms with Gasteiger partial charge in [0.15, 0.2) is 6.10 Å². The van der Waals surface area contributed by atoms with Gasteiger partial charge in [-0.2, -0.15) is 0 Å². The molecule has 6 nitrogen and oxygen atoms in total. The van der Waals surface area contributed by atoms with Crippen molar-refractivity contribution in [1.29, 1.82) is 0 Å². The van der Waals surface area contributed by atoms with Crippen LogP contribution in [-0.2, 0) is 28.6 Å². The molecule has 0 fully saturated rings. The molecule has 81 heavy (non-hydrogen) atoms. The van der Waals surface area contributed by atoms with Crippen LogP contribution in [0, 0.1) is 0 Å². The third-order valence-electron chi connectivity index (χ3n) is 14.8. The second kappa shape index (κ2) is 68.6. The monoisotopic (exact) mass is 1120 g/mol. The molecule has 0 rings (SSSR count). The molecule has 0 bridgehead atoms. The van der Waals surface area contributed by atoms with Crippen LogP contribution in [0.1, 0.15) is 329 Å². The molecule has 0 spiro atoms. The van der Waals surface area contributed by atoms with Crippen LogP contribution in [-0.4, -0.2) is 37.2 Å². The van der Waals surface area contributed by atoms with Crippen molar-refractivity contribution >= 4 is 17.9 Å². The van der Waals surface area contributed by atoms with Crippen molar-refractivity contribution in [1.82, 2.24) is 0 Å². The van der Waals surface area contributed by atoms with Crippen LogP contribution in [0.15, 0.2) is 109 Å². The summed E-state index contributed by atoms with van der Waals surface area (Å²) in [7, 11) is 0. The van der Waals surface area contributed by atoms with Gasteiger partial charge >= 0.3 is 17.9 Å². The number of esters is 3. The van der Waals surface area contributed by atoms with Gasteiger partial charge in [0.05, 0.1) is 0 Å². The average Bonchev–Trinajstić information content (AvgIpc) is 3.47. The second-order valence-corrected chi connectivity index (χ2v) is 22.7. The summed E-state index contributed by atoms with van der Waals surface area (Å²) in [4.78, 5) is 38.4. The molecule has 0 aliphatic heterocycles. The van der Waals surface area contributed by atoms with E-state index in [1.807, 2.05) is 0 Å². The number of carbonyl (C=O) groups is 3. The Morgan fingerprint density at radius 2 is 0.481 bits per heavy atom. The van der Waals surface area contributed by atoms with Crippen molar-refractivity contribution < 1.29 is 28.6 Å².